The molecule has 1 aliphatic carbocycles. The van der Waals surface area contributed by atoms with Crippen molar-refractivity contribution in [3.8, 4) is 0 Å². The maximum atomic E-state index is 13.6. The monoisotopic (exact) mass is 419 g/mol. The van der Waals surface area contributed by atoms with E-state index in [9.17, 15) is 4.39 Å². The Hall–Kier alpha value is -2.42. The number of allylic oxidation sites excluding steroid dienone is 1. The van der Waals surface area contributed by atoms with E-state index in [1.165, 1.54) is 23.3 Å². The summed E-state index contributed by atoms with van der Waals surface area (Å²) in [6, 6.07) is 4.44. The lowest BCUT2D eigenvalue weighted by Gasteiger charge is -2.32. The number of rotatable bonds is 5. The highest BCUT2D eigenvalue weighted by atomic mass is 35.5. The lowest BCUT2D eigenvalue weighted by atomic mass is 9.91. The maximum Gasteiger partial charge on any atom is 0.135 e. The molecule has 7 nitrogen and oxygen atoms in total. The van der Waals surface area contributed by atoms with E-state index >= 15 is 0 Å². The van der Waals surface area contributed by atoms with Crippen LogP contribution >= 0.6 is 11.6 Å². The molecule has 1 aromatic rings. The minimum atomic E-state index is -0.441. The zero-order valence-electron chi connectivity index (χ0n) is 16.4. The molecule has 0 bridgehead atoms. The highest BCUT2D eigenvalue weighted by Gasteiger charge is 2.26. The van der Waals surface area contributed by atoms with E-state index in [1.54, 1.807) is 6.21 Å². The number of benzene rings is 1. The molecule has 0 radical (unpaired) electrons. The van der Waals surface area contributed by atoms with Crippen molar-refractivity contribution in [3.05, 3.63) is 52.1 Å². The third-order valence-electron chi connectivity index (χ3n) is 5.03. The molecule has 0 unspecified atom stereocenters. The van der Waals surface area contributed by atoms with E-state index < -0.39 is 5.82 Å². The molecule has 1 saturated carbocycles. The van der Waals surface area contributed by atoms with Gasteiger partial charge in [-0.3, -0.25) is 0 Å². The summed E-state index contributed by atoms with van der Waals surface area (Å²) in [5, 5.41) is 9.38. The van der Waals surface area contributed by atoms with Gasteiger partial charge in [-0.15, -0.1) is 0 Å². The predicted octanol–water partition coefficient (Wildman–Crippen LogP) is 3.05. The first-order chi connectivity index (χ1) is 13.9. The topological polar surface area (TPSA) is 118 Å². The third-order valence-corrected chi connectivity index (χ3v) is 5.35. The van der Waals surface area contributed by atoms with Gasteiger partial charge in [-0.25, -0.2) is 15.2 Å². The van der Waals surface area contributed by atoms with Crippen LogP contribution in [0.2, 0.25) is 5.02 Å². The van der Waals surface area contributed by atoms with Gasteiger partial charge in [0.1, 0.15) is 11.7 Å². The Morgan fingerprint density at radius 1 is 1.38 bits per heavy atom. The summed E-state index contributed by atoms with van der Waals surface area (Å²) in [5.41, 5.74) is 14.6. The minimum absolute atomic E-state index is 0.173. The van der Waals surface area contributed by atoms with Gasteiger partial charge >= 0.3 is 0 Å². The van der Waals surface area contributed by atoms with Crippen LogP contribution in [0.3, 0.4) is 0 Å². The highest BCUT2D eigenvalue weighted by molar-refractivity contribution is 6.33. The van der Waals surface area contributed by atoms with Crippen molar-refractivity contribution >= 4 is 29.3 Å². The molecule has 0 amide bonds. The maximum absolute atomic E-state index is 13.6. The number of halogens is 2. The number of hydrazone groups is 1. The van der Waals surface area contributed by atoms with Crippen molar-refractivity contribution in [2.45, 2.75) is 51.1 Å². The zero-order valence-corrected chi connectivity index (χ0v) is 17.2. The molecule has 0 saturated heterocycles. The van der Waals surface area contributed by atoms with E-state index in [1.807, 2.05) is 13.0 Å². The smallest absolute Gasteiger partial charge is 0.135 e. The Morgan fingerprint density at radius 2 is 2.10 bits per heavy atom. The Balaban J connectivity index is 2.00. The van der Waals surface area contributed by atoms with Gasteiger partial charge in [-0.05, 0) is 44.2 Å². The number of nitrogens with one attached hydrogen (secondary N) is 1. The summed E-state index contributed by atoms with van der Waals surface area (Å²) in [5.74, 6) is 5.79. The summed E-state index contributed by atoms with van der Waals surface area (Å²) in [4.78, 5) is 4.34. The Bertz CT molecular complexity index is 870. The van der Waals surface area contributed by atoms with Crippen molar-refractivity contribution in [2.24, 2.45) is 27.4 Å². The van der Waals surface area contributed by atoms with Crippen LogP contribution in [-0.2, 0) is 0 Å². The van der Waals surface area contributed by atoms with Crippen molar-refractivity contribution < 1.29 is 4.39 Å². The van der Waals surface area contributed by atoms with Gasteiger partial charge in [0.05, 0.1) is 33.9 Å². The van der Waals surface area contributed by atoms with Crippen LogP contribution in [-0.4, -0.2) is 29.3 Å². The summed E-state index contributed by atoms with van der Waals surface area (Å²) in [6.45, 7) is 2.01. The van der Waals surface area contributed by atoms with Crippen molar-refractivity contribution in [2.75, 3.05) is 0 Å². The van der Waals surface area contributed by atoms with E-state index in [-0.39, 0.29) is 23.6 Å². The summed E-state index contributed by atoms with van der Waals surface area (Å²) >= 11 is 6.14. The van der Waals surface area contributed by atoms with E-state index in [0.717, 1.165) is 37.8 Å². The van der Waals surface area contributed by atoms with Crippen LogP contribution in [0.15, 0.2) is 51.3 Å². The number of hydrogen-bond donors (Lipinski definition) is 4. The molecule has 0 aromatic heterocycles. The van der Waals surface area contributed by atoms with Gasteiger partial charge in [-0.1, -0.05) is 24.6 Å². The lowest BCUT2D eigenvalue weighted by Crippen LogP contribution is -2.42. The normalized spacial score (nSPS) is 24.4. The molecule has 1 heterocycles. The Morgan fingerprint density at radius 3 is 2.79 bits per heavy atom. The molecule has 0 spiro atoms. The first-order valence-corrected chi connectivity index (χ1v) is 10.1. The van der Waals surface area contributed by atoms with Crippen LogP contribution in [0.1, 0.15) is 39.0 Å². The van der Waals surface area contributed by atoms with Gasteiger partial charge in [0, 0.05) is 18.2 Å². The number of hydrazine groups is 1. The average molecular weight is 420 g/mol. The fourth-order valence-electron chi connectivity index (χ4n) is 3.46. The number of nitrogens with zero attached hydrogens (tertiary/aromatic N) is 3. The summed E-state index contributed by atoms with van der Waals surface area (Å²) in [6.07, 6.45) is 8.09. The highest BCUT2D eigenvalue weighted by Crippen LogP contribution is 2.28. The molecule has 29 heavy (non-hydrogen) atoms. The molecule has 0 atom stereocenters. The van der Waals surface area contributed by atoms with Gasteiger partial charge in [0.15, 0.2) is 0 Å². The largest absolute Gasteiger partial charge is 0.383 e. The van der Waals surface area contributed by atoms with Gasteiger partial charge < -0.3 is 16.8 Å². The summed E-state index contributed by atoms with van der Waals surface area (Å²) < 4.78 is 13.6. The van der Waals surface area contributed by atoms with Crippen LogP contribution in [0.25, 0.3) is 0 Å². The van der Waals surface area contributed by atoms with E-state index in [4.69, 9.17) is 28.9 Å². The van der Waals surface area contributed by atoms with Gasteiger partial charge in [-0.2, -0.15) is 10.2 Å². The first kappa shape index (κ1) is 21.3. The van der Waals surface area contributed by atoms with Crippen LogP contribution in [0, 0.1) is 5.82 Å². The fourth-order valence-corrected chi connectivity index (χ4v) is 3.62. The van der Waals surface area contributed by atoms with Crippen LogP contribution in [0.4, 0.5) is 10.1 Å². The van der Waals surface area contributed by atoms with E-state index in [2.05, 4.69) is 15.4 Å². The molecular weight excluding hydrogens is 393 g/mol. The number of amidine groups is 1. The molecular formula is C20H27ClFN7. The molecule has 1 aliphatic heterocycles. The van der Waals surface area contributed by atoms with Crippen molar-refractivity contribution in [1.82, 2.24) is 10.4 Å². The van der Waals surface area contributed by atoms with Gasteiger partial charge in [0.2, 0.25) is 0 Å². The number of nitrogens with two attached hydrogens (primary N) is 3. The Labute approximate surface area is 175 Å². The second-order valence-electron chi connectivity index (χ2n) is 7.22. The van der Waals surface area contributed by atoms with Gasteiger partial charge in [0.25, 0.3) is 0 Å². The molecule has 2 aliphatic rings. The standard InChI is InChI=1S/C20H27ClFN7/c1-2-3-18-19(27-14-7-5-13(23)6-8-14)15(11-26-29(18)25)20(24)28-17-10-12(22)4-9-16(17)21/h3-4,9-11,13-14,27H,2,5-8,23,25H2,1H3,(H2,24,28)/b18-3-/t13-,14-. The quantitative estimate of drug-likeness (QED) is 0.332. The number of aliphatic imine (C=N–C) groups is 1. The first-order valence-electron chi connectivity index (χ1n) is 9.74. The lowest BCUT2D eigenvalue weighted by molar-refractivity contribution is 0.340. The molecule has 7 N–H and O–H groups in total. The third kappa shape index (κ3) is 5.14. The zero-order chi connectivity index (χ0) is 21.0. The second-order valence-corrected chi connectivity index (χ2v) is 7.63. The molecule has 1 aromatic carbocycles. The average Bonchev–Trinajstić information content (AvgIpc) is 2.69. The molecule has 3 rings (SSSR count). The molecule has 9 heteroatoms. The minimum Gasteiger partial charge on any atom is -0.383 e. The molecule has 1 fully saturated rings. The second kappa shape index (κ2) is 9.39. The fraction of sp³-hybridized carbons (Fsp3) is 0.400. The predicted molar refractivity (Wildman–Crippen MR) is 116 cm³/mol. The summed E-state index contributed by atoms with van der Waals surface area (Å²) in [7, 11) is 0. The Kier molecular flexibility index (Phi) is 6.89. The van der Waals surface area contributed by atoms with Crippen molar-refractivity contribution in [1.29, 1.82) is 0 Å². The van der Waals surface area contributed by atoms with Crippen LogP contribution in [0.5, 0.6) is 0 Å². The van der Waals surface area contributed by atoms with E-state index in [0.29, 0.717) is 16.3 Å². The van der Waals surface area contributed by atoms with Crippen LogP contribution < -0.4 is 22.6 Å². The van der Waals surface area contributed by atoms with Crippen molar-refractivity contribution in [3.63, 3.8) is 0 Å². The SMILES string of the molecule is CC/C=C1C(N[C@H]2CC[C@H](N)CC2)=C(/C(N)=N/c2cc(F)ccc2Cl)C=NN/1N. The molecule has 156 valence electrons. The number of hydrogen-bond acceptors (Lipinski definition) is 6.